The van der Waals surface area contributed by atoms with Gasteiger partial charge in [0.2, 0.25) is 5.90 Å². The van der Waals surface area contributed by atoms with Crippen molar-refractivity contribution in [3.05, 3.63) is 28.8 Å². The number of nitrogens with zero attached hydrogens (tertiary/aromatic N) is 1. The van der Waals surface area contributed by atoms with Crippen LogP contribution in [0.2, 0.25) is 0 Å². The molecule has 1 aromatic rings. The van der Waals surface area contributed by atoms with E-state index in [2.05, 4.69) is 46.5 Å². The second-order valence-electron chi connectivity index (χ2n) is 8.33. The maximum atomic E-state index is 10.7. The van der Waals surface area contributed by atoms with Crippen LogP contribution in [0.3, 0.4) is 0 Å². The monoisotopic (exact) mass is 319 g/mol. The van der Waals surface area contributed by atoms with Crippen molar-refractivity contribution in [2.45, 2.75) is 64.8 Å². The van der Waals surface area contributed by atoms with Gasteiger partial charge in [-0.1, -0.05) is 41.5 Å². The zero-order valence-electron chi connectivity index (χ0n) is 15.1. The number of hydrogen-bond acceptors (Lipinski definition) is 4. The third kappa shape index (κ3) is 3.86. The minimum absolute atomic E-state index is 0.0139. The third-order valence-electron chi connectivity index (χ3n) is 4.15. The predicted molar refractivity (Wildman–Crippen MR) is 93.5 cm³/mol. The van der Waals surface area contributed by atoms with Gasteiger partial charge in [0.1, 0.15) is 12.4 Å². The maximum absolute atomic E-state index is 10.7. The van der Waals surface area contributed by atoms with Crippen LogP contribution in [0.1, 0.15) is 64.7 Å². The Morgan fingerprint density at radius 3 is 2.04 bits per heavy atom. The van der Waals surface area contributed by atoms with Crippen molar-refractivity contribution < 1.29 is 14.9 Å². The first-order valence-electron chi connectivity index (χ1n) is 8.24. The molecule has 0 bridgehead atoms. The van der Waals surface area contributed by atoms with Gasteiger partial charge in [0.25, 0.3) is 0 Å². The van der Waals surface area contributed by atoms with Gasteiger partial charge < -0.3 is 14.9 Å². The molecule has 4 nitrogen and oxygen atoms in total. The fourth-order valence-corrected chi connectivity index (χ4v) is 2.77. The molecule has 2 rings (SSSR count). The molecule has 4 heteroatoms. The van der Waals surface area contributed by atoms with Crippen LogP contribution in [0.4, 0.5) is 0 Å². The topological polar surface area (TPSA) is 62.1 Å². The number of phenols is 1. The molecule has 0 aliphatic carbocycles. The normalized spacial score (nSPS) is 18.7. The van der Waals surface area contributed by atoms with Crippen LogP contribution in [-0.2, 0) is 15.6 Å². The average molecular weight is 319 g/mol. The van der Waals surface area contributed by atoms with E-state index < -0.39 is 0 Å². The molecule has 1 heterocycles. The Labute approximate surface area is 139 Å². The number of aliphatic hydroxyl groups excluding tert-OH is 1. The quantitative estimate of drug-likeness (QED) is 0.896. The van der Waals surface area contributed by atoms with E-state index in [1.54, 1.807) is 0 Å². The highest BCUT2D eigenvalue weighted by Gasteiger charge is 2.29. The Kier molecular flexibility index (Phi) is 4.76. The molecule has 0 saturated heterocycles. The molecular formula is C19H29NO3. The minimum atomic E-state index is -0.177. The number of benzene rings is 1. The van der Waals surface area contributed by atoms with Crippen LogP contribution in [-0.4, -0.2) is 35.4 Å². The van der Waals surface area contributed by atoms with Crippen molar-refractivity contribution in [1.82, 2.24) is 0 Å². The van der Waals surface area contributed by atoms with Gasteiger partial charge in [0.15, 0.2) is 0 Å². The maximum Gasteiger partial charge on any atom is 0.216 e. The lowest BCUT2D eigenvalue weighted by molar-refractivity contribution is 0.251. The van der Waals surface area contributed by atoms with Gasteiger partial charge in [-0.05, 0) is 29.4 Å². The molecule has 1 aliphatic heterocycles. The first kappa shape index (κ1) is 17.8. The molecule has 0 saturated carbocycles. The van der Waals surface area contributed by atoms with E-state index in [1.807, 2.05) is 12.1 Å². The molecule has 0 spiro atoms. The molecule has 2 N–H and O–H groups in total. The SMILES string of the molecule is CC(C)(C)c1cc(C2=NC(CCO)CO2)cc(C(C)(C)C)c1O. The fourth-order valence-electron chi connectivity index (χ4n) is 2.77. The van der Waals surface area contributed by atoms with Gasteiger partial charge in [-0.25, -0.2) is 4.99 Å². The fraction of sp³-hybridized carbons (Fsp3) is 0.632. The van der Waals surface area contributed by atoms with Crippen molar-refractivity contribution in [3.63, 3.8) is 0 Å². The van der Waals surface area contributed by atoms with Crippen molar-refractivity contribution in [3.8, 4) is 5.75 Å². The van der Waals surface area contributed by atoms with E-state index in [0.717, 1.165) is 16.7 Å². The molecule has 0 aromatic heterocycles. The largest absolute Gasteiger partial charge is 0.507 e. The van der Waals surface area contributed by atoms with Crippen molar-refractivity contribution >= 4 is 5.90 Å². The summed E-state index contributed by atoms with van der Waals surface area (Å²) in [4.78, 5) is 4.58. The molecule has 0 amide bonds. The van der Waals surface area contributed by atoms with Gasteiger partial charge in [-0.2, -0.15) is 0 Å². The van der Waals surface area contributed by atoms with Gasteiger partial charge in [0, 0.05) is 23.3 Å². The summed E-state index contributed by atoms with van der Waals surface area (Å²) in [5.74, 6) is 0.971. The van der Waals surface area contributed by atoms with Crippen LogP contribution >= 0.6 is 0 Å². The Morgan fingerprint density at radius 2 is 1.61 bits per heavy atom. The first-order valence-corrected chi connectivity index (χ1v) is 8.24. The number of rotatable bonds is 3. The molecule has 0 radical (unpaired) electrons. The van der Waals surface area contributed by atoms with Crippen LogP contribution in [0, 0.1) is 0 Å². The lowest BCUT2D eigenvalue weighted by atomic mass is 9.78. The molecule has 1 unspecified atom stereocenters. The summed E-state index contributed by atoms with van der Waals surface area (Å²) in [7, 11) is 0. The van der Waals surface area contributed by atoms with E-state index in [-0.39, 0.29) is 23.5 Å². The van der Waals surface area contributed by atoms with E-state index in [0.29, 0.717) is 24.7 Å². The molecule has 128 valence electrons. The van der Waals surface area contributed by atoms with Gasteiger partial charge >= 0.3 is 0 Å². The highest BCUT2D eigenvalue weighted by atomic mass is 16.5. The number of aromatic hydroxyl groups is 1. The van der Waals surface area contributed by atoms with Crippen molar-refractivity contribution in [2.24, 2.45) is 4.99 Å². The highest BCUT2D eigenvalue weighted by molar-refractivity contribution is 5.96. The number of phenolic OH excluding ortho intramolecular Hbond substituents is 1. The second-order valence-corrected chi connectivity index (χ2v) is 8.33. The molecule has 1 aromatic carbocycles. The van der Waals surface area contributed by atoms with Gasteiger partial charge in [-0.15, -0.1) is 0 Å². The van der Waals surface area contributed by atoms with Crippen LogP contribution < -0.4 is 0 Å². The van der Waals surface area contributed by atoms with Crippen LogP contribution in [0.15, 0.2) is 17.1 Å². The molecule has 1 aliphatic rings. The lowest BCUT2D eigenvalue weighted by Crippen LogP contribution is -2.19. The summed E-state index contributed by atoms with van der Waals surface area (Å²) in [5.41, 5.74) is 2.35. The van der Waals surface area contributed by atoms with E-state index in [4.69, 9.17) is 9.84 Å². The third-order valence-corrected chi connectivity index (χ3v) is 4.15. The lowest BCUT2D eigenvalue weighted by Gasteiger charge is -2.28. The summed E-state index contributed by atoms with van der Waals surface area (Å²) in [5, 5.41) is 19.8. The number of aliphatic hydroxyl groups is 1. The number of aliphatic imine (C=N–C) groups is 1. The van der Waals surface area contributed by atoms with Crippen LogP contribution in [0.25, 0.3) is 0 Å². The Bertz CT molecular complexity index is 571. The Hall–Kier alpha value is -1.55. The summed E-state index contributed by atoms with van der Waals surface area (Å²) < 4.78 is 5.74. The minimum Gasteiger partial charge on any atom is -0.507 e. The zero-order chi connectivity index (χ0) is 17.4. The van der Waals surface area contributed by atoms with Crippen molar-refractivity contribution in [2.75, 3.05) is 13.2 Å². The highest BCUT2D eigenvalue weighted by Crippen LogP contribution is 2.40. The molecular weight excluding hydrogens is 290 g/mol. The van der Waals surface area contributed by atoms with Crippen molar-refractivity contribution in [1.29, 1.82) is 0 Å². The summed E-state index contributed by atoms with van der Waals surface area (Å²) in [6.45, 7) is 13.1. The van der Waals surface area contributed by atoms with E-state index >= 15 is 0 Å². The Balaban J connectivity index is 2.55. The molecule has 0 fully saturated rings. The standard InChI is InChI=1S/C19H29NO3/c1-18(2,3)14-9-12(10-15(16(14)22)19(4,5)6)17-20-13(7-8-21)11-23-17/h9-10,13,21-22H,7-8,11H2,1-6H3. The molecule has 1 atom stereocenters. The van der Waals surface area contributed by atoms with Gasteiger partial charge in [0.05, 0.1) is 6.04 Å². The summed E-state index contributed by atoms with van der Waals surface area (Å²) in [6.07, 6.45) is 0.611. The molecule has 23 heavy (non-hydrogen) atoms. The van der Waals surface area contributed by atoms with E-state index in [1.165, 1.54) is 0 Å². The smallest absolute Gasteiger partial charge is 0.216 e. The number of ether oxygens (including phenoxy) is 1. The predicted octanol–water partition coefficient (Wildman–Crippen LogP) is 3.52. The average Bonchev–Trinajstić information content (AvgIpc) is 2.85. The van der Waals surface area contributed by atoms with E-state index in [9.17, 15) is 5.11 Å². The zero-order valence-corrected chi connectivity index (χ0v) is 15.1. The second kappa shape index (κ2) is 6.16. The van der Waals surface area contributed by atoms with Crippen LogP contribution in [0.5, 0.6) is 5.75 Å². The Morgan fingerprint density at radius 1 is 1.09 bits per heavy atom. The number of hydrogen-bond donors (Lipinski definition) is 2. The summed E-state index contributed by atoms with van der Waals surface area (Å²) >= 11 is 0. The van der Waals surface area contributed by atoms with Gasteiger partial charge in [-0.3, -0.25) is 0 Å². The first-order chi connectivity index (χ1) is 10.5. The summed E-state index contributed by atoms with van der Waals surface area (Å²) in [6, 6.07) is 3.97.